The molecule has 1 fully saturated rings. The third-order valence-corrected chi connectivity index (χ3v) is 2.34. The summed E-state index contributed by atoms with van der Waals surface area (Å²) in [5.41, 5.74) is 1.26. The first-order valence-electron chi connectivity index (χ1n) is 4.76. The van der Waals surface area contributed by atoms with Gasteiger partial charge < -0.3 is 9.64 Å². The van der Waals surface area contributed by atoms with Crippen LogP contribution in [0.2, 0.25) is 0 Å². The van der Waals surface area contributed by atoms with Crippen molar-refractivity contribution in [3.05, 3.63) is 35.9 Å². The van der Waals surface area contributed by atoms with Gasteiger partial charge in [-0.05, 0) is 12.0 Å². The van der Waals surface area contributed by atoms with Crippen LogP contribution >= 0.6 is 0 Å². The maximum absolute atomic E-state index is 11.2. The fourth-order valence-electron chi connectivity index (χ4n) is 1.50. The zero-order valence-corrected chi connectivity index (χ0v) is 7.98. The minimum atomic E-state index is 0.0981. The smallest absolute Gasteiger partial charge is 0.250 e. The third kappa shape index (κ3) is 2.12. The predicted molar refractivity (Wildman–Crippen MR) is 52.7 cm³/mol. The molecule has 74 valence electrons. The van der Waals surface area contributed by atoms with Crippen molar-refractivity contribution >= 4 is 5.91 Å². The molecule has 0 saturated carbocycles. The Hall–Kier alpha value is -1.35. The summed E-state index contributed by atoms with van der Waals surface area (Å²) in [6.45, 7) is 1.45. The molecule has 0 spiro atoms. The summed E-state index contributed by atoms with van der Waals surface area (Å²) in [4.78, 5) is 12.9. The van der Waals surface area contributed by atoms with Crippen LogP contribution in [0.3, 0.4) is 0 Å². The van der Waals surface area contributed by atoms with E-state index >= 15 is 0 Å². The number of hydrogen-bond acceptors (Lipinski definition) is 2. The van der Waals surface area contributed by atoms with E-state index in [-0.39, 0.29) is 12.5 Å². The molecule has 2 rings (SSSR count). The van der Waals surface area contributed by atoms with E-state index in [1.54, 1.807) is 4.90 Å². The second-order valence-corrected chi connectivity index (χ2v) is 3.37. The molecule has 0 N–H and O–H groups in total. The molecule has 1 aromatic carbocycles. The number of rotatable bonds is 3. The molecule has 1 aliphatic rings. The number of carbonyl (C=O) groups excluding carboxylic acids is 1. The third-order valence-electron chi connectivity index (χ3n) is 2.34. The summed E-state index contributed by atoms with van der Waals surface area (Å²) in [7, 11) is 0. The van der Waals surface area contributed by atoms with Crippen molar-refractivity contribution in [2.24, 2.45) is 0 Å². The largest absolute Gasteiger partial charge is 0.351 e. The molecule has 3 nitrogen and oxygen atoms in total. The Kier molecular flexibility index (Phi) is 2.79. The molecule has 1 aromatic rings. The Morgan fingerprint density at radius 3 is 2.71 bits per heavy atom. The van der Waals surface area contributed by atoms with Gasteiger partial charge in [0.25, 0.3) is 0 Å². The lowest BCUT2D eigenvalue weighted by Crippen LogP contribution is -2.27. The van der Waals surface area contributed by atoms with Crippen LogP contribution in [0.25, 0.3) is 0 Å². The molecule has 1 heterocycles. The van der Waals surface area contributed by atoms with E-state index in [1.807, 2.05) is 18.2 Å². The lowest BCUT2D eigenvalue weighted by atomic mass is 10.1. The average molecular weight is 191 g/mol. The highest BCUT2D eigenvalue weighted by Gasteiger charge is 2.19. The molecule has 14 heavy (non-hydrogen) atoms. The minimum absolute atomic E-state index is 0.0981. The van der Waals surface area contributed by atoms with Crippen LogP contribution in [0.4, 0.5) is 0 Å². The number of amides is 1. The number of nitrogens with zero attached hydrogens (tertiary/aromatic N) is 1. The molecule has 1 saturated heterocycles. The highest BCUT2D eigenvalue weighted by molar-refractivity contribution is 5.78. The Morgan fingerprint density at radius 2 is 2.07 bits per heavy atom. The van der Waals surface area contributed by atoms with Crippen molar-refractivity contribution in [1.29, 1.82) is 0 Å². The van der Waals surface area contributed by atoms with Crippen molar-refractivity contribution in [3.63, 3.8) is 0 Å². The maximum atomic E-state index is 11.2. The van der Waals surface area contributed by atoms with Gasteiger partial charge in [0.15, 0.2) is 0 Å². The van der Waals surface area contributed by atoms with E-state index < -0.39 is 0 Å². The van der Waals surface area contributed by atoms with Gasteiger partial charge in [0, 0.05) is 6.54 Å². The van der Waals surface area contributed by atoms with E-state index in [0.717, 1.165) is 13.0 Å². The van der Waals surface area contributed by atoms with Gasteiger partial charge in [-0.15, -0.1) is 0 Å². The Morgan fingerprint density at radius 1 is 1.29 bits per heavy atom. The van der Waals surface area contributed by atoms with E-state index in [9.17, 15) is 4.79 Å². The SMILES string of the molecule is O=C1COCN1CCc1ccccc1. The predicted octanol–water partition coefficient (Wildman–Crippen LogP) is 1.05. The van der Waals surface area contributed by atoms with E-state index in [1.165, 1.54) is 5.56 Å². The first kappa shape index (κ1) is 9.21. The summed E-state index contributed by atoms with van der Waals surface area (Å²) < 4.78 is 5.03. The summed E-state index contributed by atoms with van der Waals surface area (Å²) in [6.07, 6.45) is 0.899. The normalized spacial score (nSPS) is 16.3. The molecule has 0 unspecified atom stereocenters. The van der Waals surface area contributed by atoms with Gasteiger partial charge in [-0.3, -0.25) is 4.79 Å². The Balaban J connectivity index is 1.85. The van der Waals surface area contributed by atoms with Crippen LogP contribution in [0.1, 0.15) is 5.56 Å². The van der Waals surface area contributed by atoms with Gasteiger partial charge in [-0.1, -0.05) is 30.3 Å². The molecular weight excluding hydrogens is 178 g/mol. The summed E-state index contributed by atoms with van der Waals surface area (Å²) in [5, 5.41) is 0. The standard InChI is InChI=1S/C11H13NO2/c13-11-8-14-9-12(11)7-6-10-4-2-1-3-5-10/h1-5H,6-9H2. The van der Waals surface area contributed by atoms with Gasteiger partial charge >= 0.3 is 0 Å². The molecule has 0 aliphatic carbocycles. The quantitative estimate of drug-likeness (QED) is 0.714. The highest BCUT2D eigenvalue weighted by Crippen LogP contribution is 2.05. The Bertz CT molecular complexity index is 310. The summed E-state index contributed by atoms with van der Waals surface area (Å²) in [6, 6.07) is 10.2. The summed E-state index contributed by atoms with van der Waals surface area (Å²) in [5.74, 6) is 0.0981. The van der Waals surface area contributed by atoms with Gasteiger partial charge in [0.05, 0.1) is 0 Å². The van der Waals surface area contributed by atoms with E-state index in [2.05, 4.69) is 12.1 Å². The molecule has 3 heteroatoms. The maximum Gasteiger partial charge on any atom is 0.250 e. The van der Waals surface area contributed by atoms with Crippen LogP contribution in [0.5, 0.6) is 0 Å². The van der Waals surface area contributed by atoms with E-state index in [4.69, 9.17) is 4.74 Å². The second kappa shape index (κ2) is 4.24. The second-order valence-electron chi connectivity index (χ2n) is 3.37. The molecule has 1 amide bonds. The van der Waals surface area contributed by atoms with Crippen molar-refractivity contribution < 1.29 is 9.53 Å². The van der Waals surface area contributed by atoms with Crippen molar-refractivity contribution in [3.8, 4) is 0 Å². The fraction of sp³-hybridized carbons (Fsp3) is 0.364. The lowest BCUT2D eigenvalue weighted by Gasteiger charge is -2.12. The number of carbonyl (C=O) groups is 1. The van der Waals surface area contributed by atoms with Crippen LogP contribution < -0.4 is 0 Å². The summed E-state index contributed by atoms with van der Waals surface area (Å²) >= 11 is 0. The van der Waals surface area contributed by atoms with Crippen molar-refractivity contribution in [2.75, 3.05) is 19.9 Å². The first-order chi connectivity index (χ1) is 6.86. The molecule has 0 aromatic heterocycles. The topological polar surface area (TPSA) is 29.5 Å². The monoisotopic (exact) mass is 191 g/mol. The van der Waals surface area contributed by atoms with Gasteiger partial charge in [0.1, 0.15) is 13.3 Å². The van der Waals surface area contributed by atoms with Crippen LogP contribution in [-0.2, 0) is 16.0 Å². The molecular formula is C11H13NO2. The lowest BCUT2D eigenvalue weighted by molar-refractivity contribution is -0.126. The molecule has 1 aliphatic heterocycles. The van der Waals surface area contributed by atoms with E-state index in [0.29, 0.717) is 6.73 Å². The minimum Gasteiger partial charge on any atom is -0.351 e. The van der Waals surface area contributed by atoms with Gasteiger partial charge in [0.2, 0.25) is 5.91 Å². The van der Waals surface area contributed by atoms with Gasteiger partial charge in [-0.25, -0.2) is 0 Å². The first-order valence-corrected chi connectivity index (χ1v) is 4.76. The van der Waals surface area contributed by atoms with Crippen LogP contribution in [0, 0.1) is 0 Å². The number of hydrogen-bond donors (Lipinski definition) is 0. The number of ether oxygens (including phenoxy) is 1. The zero-order valence-electron chi connectivity index (χ0n) is 7.98. The zero-order chi connectivity index (χ0) is 9.80. The Labute approximate surface area is 83.3 Å². The van der Waals surface area contributed by atoms with Crippen molar-refractivity contribution in [2.45, 2.75) is 6.42 Å². The number of benzene rings is 1. The van der Waals surface area contributed by atoms with Crippen molar-refractivity contribution in [1.82, 2.24) is 4.90 Å². The molecule has 0 radical (unpaired) electrons. The molecule has 0 bridgehead atoms. The van der Waals surface area contributed by atoms with Gasteiger partial charge in [-0.2, -0.15) is 0 Å². The van der Waals surface area contributed by atoms with Crippen LogP contribution in [-0.4, -0.2) is 30.7 Å². The highest BCUT2D eigenvalue weighted by atomic mass is 16.5. The fourth-order valence-corrected chi connectivity index (χ4v) is 1.50. The average Bonchev–Trinajstić information content (AvgIpc) is 2.63. The van der Waals surface area contributed by atoms with Crippen LogP contribution in [0.15, 0.2) is 30.3 Å². The molecule has 0 atom stereocenters.